The number of carbonyl (C=O) groups excluding carboxylic acids is 1. The van der Waals surface area contributed by atoms with Gasteiger partial charge in [-0.3, -0.25) is 4.79 Å². The van der Waals surface area contributed by atoms with Gasteiger partial charge in [0.2, 0.25) is 5.91 Å². The molecular weight excluding hydrogens is 216 g/mol. The van der Waals surface area contributed by atoms with Crippen molar-refractivity contribution in [2.75, 3.05) is 6.54 Å². The topological polar surface area (TPSA) is 59.0 Å². The fraction of sp³-hybridized carbons (Fsp3) is 0.500. The maximum absolute atomic E-state index is 11.3. The van der Waals surface area contributed by atoms with Crippen LogP contribution in [0.1, 0.15) is 25.8 Å². The van der Waals surface area contributed by atoms with Gasteiger partial charge in [-0.15, -0.1) is 0 Å². The van der Waals surface area contributed by atoms with Crippen molar-refractivity contribution in [1.29, 1.82) is 0 Å². The molecule has 0 radical (unpaired) electrons. The Balaban J connectivity index is 2.15. The molecule has 17 heavy (non-hydrogen) atoms. The van der Waals surface area contributed by atoms with Gasteiger partial charge in [0.05, 0.1) is 6.20 Å². The molecule has 0 aromatic carbocycles. The van der Waals surface area contributed by atoms with E-state index in [9.17, 15) is 4.79 Å². The highest BCUT2D eigenvalue weighted by Crippen LogP contribution is 1.96. The Labute approximate surface area is 102 Å². The third-order valence-corrected chi connectivity index (χ3v) is 2.15. The second kappa shape index (κ2) is 6.85. The molecule has 5 heteroatoms. The van der Waals surface area contributed by atoms with Gasteiger partial charge < -0.3 is 10.6 Å². The van der Waals surface area contributed by atoms with Crippen molar-refractivity contribution >= 4 is 12.1 Å². The van der Waals surface area contributed by atoms with Crippen LogP contribution in [0, 0.1) is 0 Å². The molecule has 0 saturated carbocycles. The summed E-state index contributed by atoms with van der Waals surface area (Å²) in [6.45, 7) is 8.90. The maximum atomic E-state index is 11.3. The first-order valence-corrected chi connectivity index (χ1v) is 5.77. The Hall–Kier alpha value is -1.62. The minimum absolute atomic E-state index is 0.0780. The lowest BCUT2D eigenvalue weighted by molar-refractivity contribution is -0.121. The summed E-state index contributed by atoms with van der Waals surface area (Å²) in [5.74, 6) is 0.0780. The molecule has 5 nitrogen and oxygen atoms in total. The van der Waals surface area contributed by atoms with Gasteiger partial charge in [-0.25, -0.2) is 4.68 Å². The molecule has 1 amide bonds. The summed E-state index contributed by atoms with van der Waals surface area (Å²) < 4.78 is 1.66. The summed E-state index contributed by atoms with van der Waals surface area (Å²) >= 11 is 0. The molecule has 0 aliphatic carbocycles. The zero-order chi connectivity index (χ0) is 12.7. The Kier molecular flexibility index (Phi) is 5.42. The van der Waals surface area contributed by atoms with Crippen molar-refractivity contribution in [2.24, 2.45) is 0 Å². The van der Waals surface area contributed by atoms with E-state index in [1.807, 2.05) is 20.0 Å². The van der Waals surface area contributed by atoms with Gasteiger partial charge in [-0.2, -0.15) is 5.10 Å². The number of nitrogens with one attached hydrogen (secondary N) is 2. The summed E-state index contributed by atoms with van der Waals surface area (Å²) in [6, 6.07) is 0.202. The van der Waals surface area contributed by atoms with Crippen LogP contribution in [-0.2, 0) is 11.3 Å². The summed E-state index contributed by atoms with van der Waals surface area (Å²) in [6.07, 6.45) is 5.81. The quantitative estimate of drug-likeness (QED) is 0.694. The summed E-state index contributed by atoms with van der Waals surface area (Å²) in [7, 11) is 0. The van der Waals surface area contributed by atoms with Crippen LogP contribution in [0.2, 0.25) is 0 Å². The van der Waals surface area contributed by atoms with Crippen LogP contribution in [0.4, 0.5) is 0 Å². The zero-order valence-corrected chi connectivity index (χ0v) is 10.4. The Morgan fingerprint density at radius 2 is 2.41 bits per heavy atom. The number of carbonyl (C=O) groups is 1. The van der Waals surface area contributed by atoms with E-state index in [-0.39, 0.29) is 11.9 Å². The number of rotatable bonds is 7. The van der Waals surface area contributed by atoms with E-state index in [0.29, 0.717) is 19.5 Å². The molecule has 1 aromatic rings. The summed E-state index contributed by atoms with van der Waals surface area (Å²) in [5, 5.41) is 10.1. The van der Waals surface area contributed by atoms with Gasteiger partial charge in [-0.05, 0) is 13.8 Å². The first-order valence-electron chi connectivity index (χ1n) is 5.77. The molecular formula is C12H20N4O. The van der Waals surface area contributed by atoms with Crippen molar-refractivity contribution in [1.82, 2.24) is 20.4 Å². The molecule has 0 bridgehead atoms. The molecule has 0 unspecified atom stereocenters. The lowest BCUT2D eigenvalue weighted by Crippen LogP contribution is -2.32. The highest BCUT2D eigenvalue weighted by Gasteiger charge is 2.02. The third kappa shape index (κ3) is 5.31. The standard InChI is InChI=1S/C12H20N4O/c1-4-16-9-11(8-14-16)7-13-6-5-12(17)15-10(2)3/h4,8-10,13H,1,5-7H2,2-3H3,(H,15,17). The van der Waals surface area contributed by atoms with Crippen LogP contribution < -0.4 is 10.6 Å². The predicted octanol–water partition coefficient (Wildman–Crippen LogP) is 0.988. The lowest BCUT2D eigenvalue weighted by atomic mass is 10.3. The SMILES string of the molecule is C=Cn1cc(CNCCC(=O)NC(C)C)cn1. The van der Waals surface area contributed by atoms with Gasteiger partial charge in [0.1, 0.15) is 0 Å². The van der Waals surface area contributed by atoms with E-state index >= 15 is 0 Å². The zero-order valence-electron chi connectivity index (χ0n) is 10.4. The molecule has 1 aromatic heterocycles. The van der Waals surface area contributed by atoms with Crippen LogP contribution in [-0.4, -0.2) is 28.3 Å². The van der Waals surface area contributed by atoms with Gasteiger partial charge in [-0.1, -0.05) is 6.58 Å². The molecule has 0 spiro atoms. The average Bonchev–Trinajstić information content (AvgIpc) is 2.71. The number of amides is 1. The van der Waals surface area contributed by atoms with E-state index in [1.165, 1.54) is 0 Å². The molecule has 1 rings (SSSR count). The van der Waals surface area contributed by atoms with E-state index in [4.69, 9.17) is 0 Å². The molecule has 94 valence electrons. The van der Waals surface area contributed by atoms with E-state index in [1.54, 1.807) is 17.1 Å². The highest BCUT2D eigenvalue weighted by molar-refractivity contribution is 5.76. The molecule has 2 N–H and O–H groups in total. The van der Waals surface area contributed by atoms with Crippen LogP contribution in [0.15, 0.2) is 19.0 Å². The first-order chi connectivity index (χ1) is 8.11. The average molecular weight is 236 g/mol. The second-order valence-corrected chi connectivity index (χ2v) is 4.16. The number of aromatic nitrogens is 2. The normalized spacial score (nSPS) is 10.5. The van der Waals surface area contributed by atoms with Gasteiger partial charge in [0.15, 0.2) is 0 Å². The van der Waals surface area contributed by atoms with Crippen molar-refractivity contribution in [3.05, 3.63) is 24.5 Å². The summed E-state index contributed by atoms with van der Waals surface area (Å²) in [4.78, 5) is 11.3. The Morgan fingerprint density at radius 3 is 3.00 bits per heavy atom. The number of nitrogens with zero attached hydrogens (tertiary/aromatic N) is 2. The third-order valence-electron chi connectivity index (χ3n) is 2.15. The van der Waals surface area contributed by atoms with Crippen molar-refractivity contribution in [3.63, 3.8) is 0 Å². The monoisotopic (exact) mass is 236 g/mol. The van der Waals surface area contributed by atoms with Crippen molar-refractivity contribution < 1.29 is 4.79 Å². The molecule has 0 aliphatic heterocycles. The fourth-order valence-corrected chi connectivity index (χ4v) is 1.40. The summed E-state index contributed by atoms with van der Waals surface area (Å²) in [5.41, 5.74) is 1.08. The van der Waals surface area contributed by atoms with Gasteiger partial charge in [0.25, 0.3) is 0 Å². The molecule has 0 saturated heterocycles. The first kappa shape index (κ1) is 13.4. The number of hydrogen-bond donors (Lipinski definition) is 2. The Morgan fingerprint density at radius 1 is 1.65 bits per heavy atom. The van der Waals surface area contributed by atoms with Crippen molar-refractivity contribution in [2.45, 2.75) is 32.9 Å². The highest BCUT2D eigenvalue weighted by atomic mass is 16.1. The van der Waals surface area contributed by atoms with Gasteiger partial charge in [0, 0.05) is 43.5 Å². The largest absolute Gasteiger partial charge is 0.354 e. The molecule has 0 atom stereocenters. The molecule has 1 heterocycles. The maximum Gasteiger partial charge on any atom is 0.221 e. The van der Waals surface area contributed by atoms with Crippen LogP contribution in [0.25, 0.3) is 6.20 Å². The van der Waals surface area contributed by atoms with Crippen LogP contribution in [0.5, 0.6) is 0 Å². The fourth-order valence-electron chi connectivity index (χ4n) is 1.40. The van der Waals surface area contributed by atoms with E-state index in [0.717, 1.165) is 5.56 Å². The van der Waals surface area contributed by atoms with Crippen LogP contribution >= 0.6 is 0 Å². The van der Waals surface area contributed by atoms with E-state index in [2.05, 4.69) is 22.3 Å². The minimum Gasteiger partial charge on any atom is -0.354 e. The predicted molar refractivity (Wildman–Crippen MR) is 68.2 cm³/mol. The van der Waals surface area contributed by atoms with E-state index < -0.39 is 0 Å². The lowest BCUT2D eigenvalue weighted by Gasteiger charge is -2.08. The number of hydrogen-bond acceptors (Lipinski definition) is 3. The van der Waals surface area contributed by atoms with Gasteiger partial charge >= 0.3 is 0 Å². The molecule has 0 fully saturated rings. The smallest absolute Gasteiger partial charge is 0.221 e. The molecule has 0 aliphatic rings. The van der Waals surface area contributed by atoms with Crippen molar-refractivity contribution in [3.8, 4) is 0 Å². The minimum atomic E-state index is 0.0780. The van der Waals surface area contributed by atoms with Crippen LogP contribution in [0.3, 0.4) is 0 Å². The Bertz CT molecular complexity index is 370. The second-order valence-electron chi connectivity index (χ2n) is 4.16.